The number of hydrogen-bond acceptors (Lipinski definition) is 2. The summed E-state index contributed by atoms with van der Waals surface area (Å²) in [5.74, 6) is 0.844. The van der Waals surface area contributed by atoms with Gasteiger partial charge in [0.15, 0.2) is 5.78 Å². The molecule has 1 aromatic carbocycles. The van der Waals surface area contributed by atoms with Crippen molar-refractivity contribution >= 4 is 5.78 Å². The molecule has 0 fully saturated rings. The molecule has 1 aliphatic rings. The van der Waals surface area contributed by atoms with Crippen molar-refractivity contribution in [2.75, 3.05) is 6.61 Å². The summed E-state index contributed by atoms with van der Waals surface area (Å²) >= 11 is 0. The Labute approximate surface area is 128 Å². The predicted molar refractivity (Wildman–Crippen MR) is 87.5 cm³/mol. The Bertz CT molecular complexity index is 553. The lowest BCUT2D eigenvalue weighted by atomic mass is 9.63. The summed E-state index contributed by atoms with van der Waals surface area (Å²) in [6, 6.07) is 4.21. The smallest absolute Gasteiger partial charge is 0.163 e. The van der Waals surface area contributed by atoms with Gasteiger partial charge in [0.2, 0.25) is 0 Å². The summed E-state index contributed by atoms with van der Waals surface area (Å²) in [7, 11) is 0. The topological polar surface area (TPSA) is 26.3 Å². The molecule has 1 aliphatic carbocycles. The number of rotatable bonds is 4. The lowest BCUT2D eigenvalue weighted by Gasteiger charge is -2.42. The molecule has 2 heteroatoms. The summed E-state index contributed by atoms with van der Waals surface area (Å²) in [4.78, 5) is 12.0. The summed E-state index contributed by atoms with van der Waals surface area (Å²) in [6.07, 6.45) is 3.27. The third-order valence-electron chi connectivity index (χ3n) is 4.79. The van der Waals surface area contributed by atoms with Crippen LogP contribution in [-0.2, 0) is 10.8 Å². The maximum absolute atomic E-state index is 12.0. The van der Waals surface area contributed by atoms with Gasteiger partial charge in [0, 0.05) is 0 Å². The molecule has 0 saturated heterocycles. The van der Waals surface area contributed by atoms with Crippen LogP contribution >= 0.6 is 0 Å². The van der Waals surface area contributed by atoms with Gasteiger partial charge in [-0.25, -0.2) is 0 Å². The van der Waals surface area contributed by atoms with Crippen LogP contribution < -0.4 is 4.74 Å². The molecular formula is C19H28O2. The zero-order valence-electron chi connectivity index (χ0n) is 14.3. The van der Waals surface area contributed by atoms with Crippen LogP contribution in [0.5, 0.6) is 5.75 Å². The fraction of sp³-hybridized carbons (Fsp3) is 0.632. The van der Waals surface area contributed by atoms with Crippen molar-refractivity contribution in [1.29, 1.82) is 0 Å². The first-order valence-electron chi connectivity index (χ1n) is 8.02. The zero-order valence-corrected chi connectivity index (χ0v) is 14.3. The van der Waals surface area contributed by atoms with Crippen LogP contribution in [0.15, 0.2) is 12.1 Å². The quantitative estimate of drug-likeness (QED) is 0.727. The second kappa shape index (κ2) is 5.47. The second-order valence-electron chi connectivity index (χ2n) is 7.57. The average molecular weight is 288 g/mol. The van der Waals surface area contributed by atoms with Crippen LogP contribution in [0.3, 0.4) is 0 Å². The summed E-state index contributed by atoms with van der Waals surface area (Å²) in [5, 5.41) is 0. The molecule has 0 N–H and O–H groups in total. The Kier molecular flexibility index (Phi) is 4.19. The molecule has 0 spiro atoms. The maximum atomic E-state index is 12.0. The number of carbonyl (C=O) groups is 1. The van der Waals surface area contributed by atoms with E-state index in [2.05, 4.69) is 46.8 Å². The monoisotopic (exact) mass is 288 g/mol. The van der Waals surface area contributed by atoms with Crippen molar-refractivity contribution in [2.24, 2.45) is 0 Å². The Morgan fingerprint density at radius 3 is 2.10 bits per heavy atom. The van der Waals surface area contributed by atoms with Gasteiger partial charge in [0.05, 0.1) is 12.2 Å². The zero-order chi connectivity index (χ0) is 15.8. The second-order valence-corrected chi connectivity index (χ2v) is 7.57. The molecule has 0 heterocycles. The Hall–Kier alpha value is -1.31. The van der Waals surface area contributed by atoms with E-state index in [4.69, 9.17) is 4.74 Å². The van der Waals surface area contributed by atoms with Crippen molar-refractivity contribution in [3.05, 3.63) is 28.8 Å². The highest BCUT2D eigenvalue weighted by atomic mass is 16.5. The van der Waals surface area contributed by atoms with Crippen LogP contribution in [0, 0.1) is 0 Å². The summed E-state index contributed by atoms with van der Waals surface area (Å²) in [5.41, 5.74) is 3.65. The number of fused-ring (bicyclic) bond motifs is 1. The highest BCUT2D eigenvalue weighted by molar-refractivity contribution is 5.97. The first kappa shape index (κ1) is 16.1. The molecule has 1 aromatic rings. The number of ketones is 1. The van der Waals surface area contributed by atoms with E-state index in [0.717, 1.165) is 24.2 Å². The molecule has 0 aliphatic heterocycles. The third-order valence-corrected chi connectivity index (χ3v) is 4.79. The minimum atomic E-state index is 0.0862. The van der Waals surface area contributed by atoms with Crippen molar-refractivity contribution in [3.63, 3.8) is 0 Å². The summed E-state index contributed by atoms with van der Waals surface area (Å²) < 4.78 is 5.85. The van der Waals surface area contributed by atoms with Gasteiger partial charge in [-0.3, -0.25) is 4.79 Å². The number of Topliss-reactive ketones (excluding diaryl/α,β-unsaturated/α-hetero) is 1. The Morgan fingerprint density at radius 1 is 1.10 bits per heavy atom. The van der Waals surface area contributed by atoms with E-state index in [1.807, 2.05) is 0 Å². The molecule has 0 atom stereocenters. The minimum absolute atomic E-state index is 0.0862. The van der Waals surface area contributed by atoms with Crippen molar-refractivity contribution in [2.45, 2.75) is 71.6 Å². The number of ether oxygens (including phenoxy) is 1. The molecule has 0 bridgehead atoms. The van der Waals surface area contributed by atoms with E-state index in [-0.39, 0.29) is 16.6 Å². The SMILES string of the molecule is CCCOc1cc2c(cc1C(C)=O)C(C)(C)CCC2(C)C. The van der Waals surface area contributed by atoms with Gasteiger partial charge in [-0.15, -0.1) is 0 Å². The molecular weight excluding hydrogens is 260 g/mol. The standard InChI is InChI=1S/C19H28O2/c1-7-10-21-17-12-16-15(11-14(17)13(2)20)18(3,4)8-9-19(16,5)6/h11-12H,7-10H2,1-6H3. The molecule has 2 rings (SSSR count). The van der Waals surface area contributed by atoms with E-state index in [9.17, 15) is 4.79 Å². The molecule has 0 aromatic heterocycles. The van der Waals surface area contributed by atoms with Crippen LogP contribution in [0.4, 0.5) is 0 Å². The first-order chi connectivity index (χ1) is 9.69. The maximum Gasteiger partial charge on any atom is 0.163 e. The van der Waals surface area contributed by atoms with Crippen molar-refractivity contribution in [1.82, 2.24) is 0 Å². The molecule has 2 nitrogen and oxygen atoms in total. The van der Waals surface area contributed by atoms with Gasteiger partial charge in [-0.2, -0.15) is 0 Å². The van der Waals surface area contributed by atoms with Crippen molar-refractivity contribution < 1.29 is 9.53 Å². The molecule has 116 valence electrons. The Balaban J connectivity index is 2.63. The van der Waals surface area contributed by atoms with Crippen molar-refractivity contribution in [3.8, 4) is 5.75 Å². The molecule has 0 saturated carbocycles. The average Bonchev–Trinajstić information content (AvgIpc) is 2.41. The number of benzene rings is 1. The number of hydrogen-bond donors (Lipinski definition) is 0. The summed E-state index contributed by atoms with van der Waals surface area (Å²) in [6.45, 7) is 13.5. The number of carbonyl (C=O) groups excluding carboxylic acids is 1. The third kappa shape index (κ3) is 3.00. The molecule has 0 radical (unpaired) electrons. The largest absolute Gasteiger partial charge is 0.493 e. The van der Waals surface area contributed by atoms with Crippen LogP contribution in [-0.4, -0.2) is 12.4 Å². The van der Waals surface area contributed by atoms with E-state index < -0.39 is 0 Å². The van der Waals surface area contributed by atoms with Crippen LogP contribution in [0.1, 0.15) is 82.3 Å². The van der Waals surface area contributed by atoms with Gasteiger partial charge in [0.1, 0.15) is 5.75 Å². The normalized spacial score (nSPS) is 19.0. The molecule has 21 heavy (non-hydrogen) atoms. The first-order valence-corrected chi connectivity index (χ1v) is 8.02. The van der Waals surface area contributed by atoms with Gasteiger partial charge < -0.3 is 4.74 Å². The van der Waals surface area contributed by atoms with Crippen LogP contribution in [0.25, 0.3) is 0 Å². The van der Waals surface area contributed by atoms with E-state index in [0.29, 0.717) is 6.61 Å². The van der Waals surface area contributed by atoms with Gasteiger partial charge in [0.25, 0.3) is 0 Å². The van der Waals surface area contributed by atoms with E-state index in [1.54, 1.807) is 6.92 Å². The highest BCUT2D eigenvalue weighted by Gasteiger charge is 2.38. The van der Waals surface area contributed by atoms with Gasteiger partial charge in [-0.05, 0) is 60.3 Å². The lowest BCUT2D eigenvalue weighted by Crippen LogP contribution is -2.34. The fourth-order valence-corrected chi connectivity index (χ4v) is 3.20. The van der Waals surface area contributed by atoms with Gasteiger partial charge >= 0.3 is 0 Å². The van der Waals surface area contributed by atoms with E-state index in [1.165, 1.54) is 17.5 Å². The predicted octanol–water partition coefficient (Wildman–Crippen LogP) is 5.03. The fourth-order valence-electron chi connectivity index (χ4n) is 3.20. The van der Waals surface area contributed by atoms with Crippen LogP contribution in [0.2, 0.25) is 0 Å². The Morgan fingerprint density at radius 2 is 1.62 bits per heavy atom. The lowest BCUT2D eigenvalue weighted by molar-refractivity contribution is 0.101. The highest BCUT2D eigenvalue weighted by Crippen LogP contribution is 2.47. The molecule has 0 unspecified atom stereocenters. The molecule has 0 amide bonds. The van der Waals surface area contributed by atoms with Gasteiger partial charge in [-0.1, -0.05) is 34.6 Å². The van der Waals surface area contributed by atoms with E-state index >= 15 is 0 Å². The minimum Gasteiger partial charge on any atom is -0.493 e.